The summed E-state index contributed by atoms with van der Waals surface area (Å²) in [6.45, 7) is 4.04. The van der Waals surface area contributed by atoms with Gasteiger partial charge in [-0.25, -0.2) is 0 Å². The van der Waals surface area contributed by atoms with Crippen molar-refractivity contribution in [1.29, 1.82) is 0 Å². The molecule has 3 aromatic rings. The minimum absolute atomic E-state index is 0.0762. The molecule has 0 fully saturated rings. The van der Waals surface area contributed by atoms with E-state index in [0.717, 1.165) is 24.5 Å². The first-order chi connectivity index (χ1) is 10.9. The molecule has 0 radical (unpaired) electrons. The summed E-state index contributed by atoms with van der Waals surface area (Å²) in [7, 11) is 0. The first kappa shape index (κ1) is 13.9. The smallest absolute Gasteiger partial charge is 0.204 e. The van der Waals surface area contributed by atoms with Crippen molar-refractivity contribution < 1.29 is 19.4 Å². The highest BCUT2D eigenvalue weighted by Crippen LogP contribution is 2.38. The molecular weight excluding hydrogens is 296 g/mol. The van der Waals surface area contributed by atoms with Crippen molar-refractivity contribution in [2.45, 2.75) is 32.3 Å². The molecule has 0 saturated heterocycles. The predicted octanol–water partition coefficient (Wildman–Crippen LogP) is 3.46. The van der Waals surface area contributed by atoms with Crippen LogP contribution < -0.4 is 10.2 Å². The lowest BCUT2D eigenvalue weighted by Crippen LogP contribution is -2.32. The fourth-order valence-corrected chi connectivity index (χ4v) is 3.15. The monoisotopic (exact) mass is 312 g/mol. The second kappa shape index (κ2) is 4.41. The standard InChI is InChI=1S/C18H16O5/c1-18(2)6-5-10-13(23-18)4-3-11-16(21)15-12(20)7-9(19)8-14(15)22-17(10)11/h3-4,7-8,19-20H,5-6H2,1-2H3. The number of aryl methyl sites for hydroxylation is 1. The van der Waals surface area contributed by atoms with Crippen LogP contribution in [0.1, 0.15) is 25.8 Å². The van der Waals surface area contributed by atoms with E-state index in [1.54, 1.807) is 12.1 Å². The second-order valence-electron chi connectivity index (χ2n) is 6.55. The summed E-state index contributed by atoms with van der Waals surface area (Å²) in [5, 5.41) is 20.1. The van der Waals surface area contributed by atoms with E-state index in [1.165, 1.54) is 6.07 Å². The first-order valence-electron chi connectivity index (χ1n) is 7.49. The number of ether oxygens (including phenoxy) is 1. The lowest BCUT2D eigenvalue weighted by atomic mass is 9.93. The van der Waals surface area contributed by atoms with Crippen LogP contribution in [0.15, 0.2) is 33.5 Å². The average molecular weight is 312 g/mol. The fraction of sp³-hybridized carbons (Fsp3) is 0.278. The van der Waals surface area contributed by atoms with Crippen LogP contribution in [-0.2, 0) is 6.42 Å². The summed E-state index contributed by atoms with van der Waals surface area (Å²) >= 11 is 0. The zero-order valence-electron chi connectivity index (χ0n) is 12.8. The number of hydrogen-bond donors (Lipinski definition) is 2. The van der Waals surface area contributed by atoms with Crippen LogP contribution in [-0.4, -0.2) is 15.8 Å². The maximum absolute atomic E-state index is 12.7. The van der Waals surface area contributed by atoms with Gasteiger partial charge in [0.15, 0.2) is 0 Å². The van der Waals surface area contributed by atoms with Gasteiger partial charge in [0.2, 0.25) is 5.43 Å². The maximum Gasteiger partial charge on any atom is 0.204 e. The molecule has 0 unspecified atom stereocenters. The van der Waals surface area contributed by atoms with E-state index in [-0.39, 0.29) is 33.5 Å². The quantitative estimate of drug-likeness (QED) is 0.621. The Hall–Kier alpha value is -2.69. The lowest BCUT2D eigenvalue weighted by molar-refractivity contribution is 0.0849. The van der Waals surface area contributed by atoms with Gasteiger partial charge in [0, 0.05) is 17.7 Å². The van der Waals surface area contributed by atoms with Gasteiger partial charge < -0.3 is 19.4 Å². The Morgan fingerprint density at radius 1 is 1.17 bits per heavy atom. The molecule has 0 bridgehead atoms. The van der Waals surface area contributed by atoms with E-state index in [0.29, 0.717) is 16.7 Å². The minimum Gasteiger partial charge on any atom is -0.508 e. The molecule has 5 nitrogen and oxygen atoms in total. The van der Waals surface area contributed by atoms with Crippen LogP contribution in [0.2, 0.25) is 0 Å². The molecule has 118 valence electrons. The summed E-state index contributed by atoms with van der Waals surface area (Å²) in [5.74, 6) is 0.270. The van der Waals surface area contributed by atoms with E-state index in [4.69, 9.17) is 9.15 Å². The second-order valence-corrected chi connectivity index (χ2v) is 6.55. The van der Waals surface area contributed by atoms with Gasteiger partial charge in [0.1, 0.15) is 39.4 Å². The summed E-state index contributed by atoms with van der Waals surface area (Å²) in [6.07, 6.45) is 1.55. The minimum atomic E-state index is -0.314. The van der Waals surface area contributed by atoms with Gasteiger partial charge in [-0.15, -0.1) is 0 Å². The lowest BCUT2D eigenvalue weighted by Gasteiger charge is -2.32. The molecule has 0 amide bonds. The van der Waals surface area contributed by atoms with Crippen molar-refractivity contribution >= 4 is 21.9 Å². The summed E-state index contributed by atoms with van der Waals surface area (Å²) in [5.41, 5.74) is 0.905. The van der Waals surface area contributed by atoms with Crippen molar-refractivity contribution in [2.24, 2.45) is 0 Å². The van der Waals surface area contributed by atoms with Crippen molar-refractivity contribution in [3.8, 4) is 17.2 Å². The Morgan fingerprint density at radius 3 is 2.74 bits per heavy atom. The van der Waals surface area contributed by atoms with Crippen LogP contribution >= 0.6 is 0 Å². The van der Waals surface area contributed by atoms with Crippen molar-refractivity contribution in [2.75, 3.05) is 0 Å². The van der Waals surface area contributed by atoms with Crippen LogP contribution in [0, 0.1) is 0 Å². The van der Waals surface area contributed by atoms with Gasteiger partial charge in [0.05, 0.1) is 5.39 Å². The predicted molar refractivity (Wildman–Crippen MR) is 86.3 cm³/mol. The van der Waals surface area contributed by atoms with Crippen LogP contribution in [0.5, 0.6) is 17.2 Å². The molecule has 2 N–H and O–H groups in total. The highest BCUT2D eigenvalue weighted by atomic mass is 16.5. The Labute approximate surface area is 131 Å². The van der Waals surface area contributed by atoms with Crippen LogP contribution in [0.3, 0.4) is 0 Å². The van der Waals surface area contributed by atoms with Gasteiger partial charge in [-0.3, -0.25) is 4.79 Å². The third-order valence-corrected chi connectivity index (χ3v) is 4.33. The van der Waals surface area contributed by atoms with Gasteiger partial charge in [-0.1, -0.05) is 0 Å². The van der Waals surface area contributed by atoms with E-state index in [9.17, 15) is 15.0 Å². The highest BCUT2D eigenvalue weighted by molar-refractivity contribution is 5.95. The molecule has 1 aliphatic rings. The molecule has 1 aromatic heterocycles. The summed E-state index contributed by atoms with van der Waals surface area (Å²) in [4.78, 5) is 12.7. The number of fused-ring (bicyclic) bond motifs is 4. The van der Waals surface area contributed by atoms with Crippen molar-refractivity contribution in [3.63, 3.8) is 0 Å². The van der Waals surface area contributed by atoms with Crippen LogP contribution in [0.4, 0.5) is 0 Å². The SMILES string of the molecule is CC1(C)CCc2c(ccc3c(=O)c4c(O)cc(O)cc4oc23)O1. The molecule has 23 heavy (non-hydrogen) atoms. The zero-order chi connectivity index (χ0) is 16.4. The molecular formula is C18H16O5. The first-order valence-corrected chi connectivity index (χ1v) is 7.49. The maximum atomic E-state index is 12.7. The molecule has 0 aliphatic carbocycles. The van der Waals surface area contributed by atoms with Gasteiger partial charge in [-0.05, 0) is 38.8 Å². The van der Waals surface area contributed by atoms with E-state index in [2.05, 4.69) is 0 Å². The third-order valence-electron chi connectivity index (χ3n) is 4.33. The normalized spacial score (nSPS) is 16.3. The Bertz CT molecular complexity index is 1010. The number of aromatic hydroxyl groups is 2. The molecule has 1 aliphatic heterocycles. The Morgan fingerprint density at radius 2 is 1.96 bits per heavy atom. The topological polar surface area (TPSA) is 79.9 Å². The molecule has 0 spiro atoms. The van der Waals surface area contributed by atoms with Gasteiger partial charge in [-0.2, -0.15) is 0 Å². The number of phenolic OH excluding ortho intramolecular Hbond substituents is 2. The Balaban J connectivity index is 2.11. The molecule has 0 saturated carbocycles. The number of benzene rings is 2. The molecule has 2 aromatic carbocycles. The number of phenols is 2. The summed E-state index contributed by atoms with van der Waals surface area (Å²) in [6, 6.07) is 5.91. The van der Waals surface area contributed by atoms with E-state index in [1.807, 2.05) is 13.8 Å². The number of rotatable bonds is 0. The van der Waals surface area contributed by atoms with Gasteiger partial charge in [0.25, 0.3) is 0 Å². The van der Waals surface area contributed by atoms with Crippen molar-refractivity contribution in [3.05, 3.63) is 40.1 Å². The fourth-order valence-electron chi connectivity index (χ4n) is 3.15. The third kappa shape index (κ3) is 2.04. The zero-order valence-corrected chi connectivity index (χ0v) is 12.8. The number of hydrogen-bond acceptors (Lipinski definition) is 5. The van der Waals surface area contributed by atoms with Crippen LogP contribution in [0.25, 0.3) is 21.9 Å². The van der Waals surface area contributed by atoms with Crippen molar-refractivity contribution in [1.82, 2.24) is 0 Å². The van der Waals surface area contributed by atoms with E-state index < -0.39 is 0 Å². The Kier molecular flexibility index (Phi) is 2.67. The molecule has 0 atom stereocenters. The largest absolute Gasteiger partial charge is 0.508 e. The molecule has 4 rings (SSSR count). The average Bonchev–Trinajstić information content (AvgIpc) is 2.44. The summed E-state index contributed by atoms with van der Waals surface area (Å²) < 4.78 is 11.8. The molecule has 2 heterocycles. The highest BCUT2D eigenvalue weighted by Gasteiger charge is 2.29. The molecule has 5 heteroatoms. The van der Waals surface area contributed by atoms with Gasteiger partial charge >= 0.3 is 0 Å². The van der Waals surface area contributed by atoms with E-state index >= 15 is 0 Å².